The van der Waals surface area contributed by atoms with Crippen molar-refractivity contribution in [2.45, 2.75) is 31.7 Å². The molecule has 1 atom stereocenters. The predicted molar refractivity (Wildman–Crippen MR) is 78.8 cm³/mol. The van der Waals surface area contributed by atoms with E-state index in [0.717, 1.165) is 32.8 Å². The molecule has 0 saturated carbocycles. The van der Waals surface area contributed by atoms with E-state index in [1.807, 2.05) is 0 Å². The molecule has 1 N–H and O–H groups in total. The Hall–Kier alpha value is -1.06. The van der Waals surface area contributed by atoms with Crippen molar-refractivity contribution >= 4 is 5.69 Å². The Kier molecular flexibility index (Phi) is 3.50. The van der Waals surface area contributed by atoms with Gasteiger partial charge < -0.3 is 10.1 Å². The Bertz CT molecular complexity index is 444. The molecule has 2 aliphatic heterocycles. The van der Waals surface area contributed by atoms with Gasteiger partial charge in [-0.3, -0.25) is 4.90 Å². The van der Waals surface area contributed by atoms with Crippen LogP contribution in [0.2, 0.25) is 0 Å². The largest absolute Gasteiger partial charge is 0.385 e. The van der Waals surface area contributed by atoms with E-state index in [-0.39, 0.29) is 5.54 Å². The number of ether oxygens (including phenoxy) is 1. The molecule has 0 aliphatic carbocycles. The van der Waals surface area contributed by atoms with Crippen molar-refractivity contribution < 1.29 is 4.74 Å². The zero-order chi connectivity index (χ0) is 13.3. The number of benzene rings is 1. The minimum atomic E-state index is 0.165. The summed E-state index contributed by atoms with van der Waals surface area (Å²) in [5.74, 6) is 0.648. The summed E-state index contributed by atoms with van der Waals surface area (Å²) in [6.07, 6.45) is 1.23. The van der Waals surface area contributed by atoms with E-state index < -0.39 is 0 Å². The van der Waals surface area contributed by atoms with Gasteiger partial charge in [-0.25, -0.2) is 0 Å². The van der Waals surface area contributed by atoms with E-state index in [4.69, 9.17) is 4.74 Å². The first-order valence-corrected chi connectivity index (χ1v) is 7.32. The van der Waals surface area contributed by atoms with Crippen LogP contribution in [-0.2, 0) is 4.74 Å². The second kappa shape index (κ2) is 5.14. The molecule has 3 heteroatoms. The standard InChI is InChI=1S/C16H24N2O/c1-16(2)12-19-10-9-18(16)11-13-7-8-17-15-6-4-3-5-14(13)15/h3-6,13,17H,7-12H2,1-2H3. The third kappa shape index (κ3) is 2.63. The maximum atomic E-state index is 5.62. The van der Waals surface area contributed by atoms with Gasteiger partial charge in [-0.15, -0.1) is 0 Å². The van der Waals surface area contributed by atoms with Crippen LogP contribution >= 0.6 is 0 Å². The van der Waals surface area contributed by atoms with Crippen molar-refractivity contribution in [3.8, 4) is 0 Å². The van der Waals surface area contributed by atoms with E-state index in [2.05, 4.69) is 48.3 Å². The molecule has 2 aliphatic rings. The van der Waals surface area contributed by atoms with E-state index in [1.165, 1.54) is 17.7 Å². The van der Waals surface area contributed by atoms with Crippen molar-refractivity contribution in [3.05, 3.63) is 29.8 Å². The van der Waals surface area contributed by atoms with Crippen LogP contribution in [0.1, 0.15) is 31.7 Å². The van der Waals surface area contributed by atoms with E-state index >= 15 is 0 Å². The number of nitrogens with zero attached hydrogens (tertiary/aromatic N) is 1. The molecule has 0 bridgehead atoms. The lowest BCUT2D eigenvalue weighted by Crippen LogP contribution is -2.54. The Labute approximate surface area is 115 Å². The van der Waals surface area contributed by atoms with Crippen molar-refractivity contribution in [1.82, 2.24) is 4.90 Å². The van der Waals surface area contributed by atoms with Crippen LogP contribution in [-0.4, -0.2) is 43.3 Å². The van der Waals surface area contributed by atoms with Crippen LogP contribution in [0.25, 0.3) is 0 Å². The molecule has 1 unspecified atom stereocenters. The zero-order valence-electron chi connectivity index (χ0n) is 12.0. The molecule has 2 heterocycles. The fourth-order valence-electron chi connectivity index (χ4n) is 3.24. The average Bonchev–Trinajstić information content (AvgIpc) is 2.41. The Morgan fingerprint density at radius 2 is 2.21 bits per heavy atom. The summed E-state index contributed by atoms with van der Waals surface area (Å²) in [7, 11) is 0. The number of morpholine rings is 1. The number of rotatable bonds is 2. The molecule has 1 saturated heterocycles. The number of anilines is 1. The third-order valence-corrected chi connectivity index (χ3v) is 4.47. The molecule has 19 heavy (non-hydrogen) atoms. The molecular weight excluding hydrogens is 236 g/mol. The van der Waals surface area contributed by atoms with Crippen LogP contribution in [0.5, 0.6) is 0 Å². The summed E-state index contributed by atoms with van der Waals surface area (Å²) in [5.41, 5.74) is 2.97. The monoisotopic (exact) mass is 260 g/mol. The normalized spacial score (nSPS) is 26.5. The van der Waals surface area contributed by atoms with Gasteiger partial charge in [-0.05, 0) is 31.9 Å². The quantitative estimate of drug-likeness (QED) is 0.885. The van der Waals surface area contributed by atoms with Gasteiger partial charge in [0.1, 0.15) is 0 Å². The minimum absolute atomic E-state index is 0.165. The van der Waals surface area contributed by atoms with Gasteiger partial charge in [0.15, 0.2) is 0 Å². The Morgan fingerprint density at radius 1 is 1.37 bits per heavy atom. The summed E-state index contributed by atoms with van der Waals surface area (Å²) >= 11 is 0. The van der Waals surface area contributed by atoms with Gasteiger partial charge in [-0.1, -0.05) is 18.2 Å². The van der Waals surface area contributed by atoms with Crippen molar-refractivity contribution in [2.75, 3.05) is 38.2 Å². The lowest BCUT2D eigenvalue weighted by molar-refractivity contribution is -0.0536. The van der Waals surface area contributed by atoms with Crippen molar-refractivity contribution in [3.63, 3.8) is 0 Å². The molecule has 1 aromatic rings. The van der Waals surface area contributed by atoms with Crippen molar-refractivity contribution in [2.24, 2.45) is 0 Å². The molecular formula is C16H24N2O. The number of fused-ring (bicyclic) bond motifs is 1. The predicted octanol–water partition coefficient (Wildman–Crippen LogP) is 2.70. The molecule has 0 radical (unpaired) electrons. The number of nitrogens with one attached hydrogen (secondary N) is 1. The van der Waals surface area contributed by atoms with Crippen molar-refractivity contribution in [1.29, 1.82) is 0 Å². The maximum Gasteiger partial charge on any atom is 0.0645 e. The highest BCUT2D eigenvalue weighted by molar-refractivity contribution is 5.54. The van der Waals surface area contributed by atoms with Gasteiger partial charge in [0.05, 0.1) is 13.2 Å². The summed E-state index contributed by atoms with van der Waals surface area (Å²) in [4.78, 5) is 2.60. The van der Waals surface area contributed by atoms with Crippen LogP contribution in [0, 0.1) is 0 Å². The fourth-order valence-corrected chi connectivity index (χ4v) is 3.24. The molecule has 0 amide bonds. The topological polar surface area (TPSA) is 24.5 Å². The first-order chi connectivity index (χ1) is 9.17. The molecule has 104 valence electrons. The summed E-state index contributed by atoms with van der Waals surface area (Å²) < 4.78 is 5.62. The second-order valence-corrected chi connectivity index (χ2v) is 6.31. The van der Waals surface area contributed by atoms with Crippen LogP contribution in [0.15, 0.2) is 24.3 Å². The zero-order valence-corrected chi connectivity index (χ0v) is 12.0. The first kappa shape index (κ1) is 12.9. The highest BCUT2D eigenvalue weighted by atomic mass is 16.5. The molecule has 0 aromatic heterocycles. The van der Waals surface area contributed by atoms with Gasteiger partial charge in [-0.2, -0.15) is 0 Å². The third-order valence-electron chi connectivity index (χ3n) is 4.47. The average molecular weight is 260 g/mol. The Morgan fingerprint density at radius 3 is 3.05 bits per heavy atom. The number of hydrogen-bond donors (Lipinski definition) is 1. The molecule has 1 fully saturated rings. The van der Waals surface area contributed by atoms with E-state index in [1.54, 1.807) is 0 Å². The van der Waals surface area contributed by atoms with E-state index in [9.17, 15) is 0 Å². The molecule has 3 rings (SSSR count). The highest BCUT2D eigenvalue weighted by Gasteiger charge is 2.33. The SMILES string of the molecule is CC1(C)COCCN1CC1CCNc2ccccc21. The van der Waals surface area contributed by atoms with Gasteiger partial charge in [0.2, 0.25) is 0 Å². The lowest BCUT2D eigenvalue weighted by Gasteiger charge is -2.44. The number of para-hydroxylation sites is 1. The molecule has 0 spiro atoms. The lowest BCUT2D eigenvalue weighted by atomic mass is 9.89. The van der Waals surface area contributed by atoms with Gasteiger partial charge in [0.25, 0.3) is 0 Å². The van der Waals surface area contributed by atoms with Gasteiger partial charge in [0, 0.05) is 36.8 Å². The minimum Gasteiger partial charge on any atom is -0.385 e. The highest BCUT2D eigenvalue weighted by Crippen LogP contribution is 2.33. The van der Waals surface area contributed by atoms with Crippen LogP contribution in [0.3, 0.4) is 0 Å². The second-order valence-electron chi connectivity index (χ2n) is 6.31. The fraction of sp³-hybridized carbons (Fsp3) is 0.625. The van der Waals surface area contributed by atoms with Crippen LogP contribution < -0.4 is 5.32 Å². The number of hydrogen-bond acceptors (Lipinski definition) is 3. The summed E-state index contributed by atoms with van der Waals surface area (Å²) in [5, 5.41) is 3.51. The Balaban J connectivity index is 1.77. The van der Waals surface area contributed by atoms with Gasteiger partial charge >= 0.3 is 0 Å². The summed E-state index contributed by atoms with van der Waals surface area (Å²) in [6, 6.07) is 8.75. The van der Waals surface area contributed by atoms with Crippen LogP contribution in [0.4, 0.5) is 5.69 Å². The molecule has 3 nitrogen and oxygen atoms in total. The molecule has 1 aromatic carbocycles. The van der Waals surface area contributed by atoms with E-state index in [0.29, 0.717) is 5.92 Å². The smallest absolute Gasteiger partial charge is 0.0645 e. The maximum absolute atomic E-state index is 5.62. The first-order valence-electron chi connectivity index (χ1n) is 7.32. The summed E-state index contributed by atoms with van der Waals surface area (Å²) in [6.45, 7) is 9.59.